The van der Waals surface area contributed by atoms with Crippen LogP contribution >= 0.6 is 12.4 Å². The standard InChI is InChI=1S/C14H19NO2.ClH/c1-17-14(16)13-6-4-11(5-7-13)9-12-3-2-8-15-10-12;/h4-7,12,15H,2-3,8-10H2,1H3;1H. The van der Waals surface area contributed by atoms with E-state index in [1.54, 1.807) is 0 Å². The summed E-state index contributed by atoms with van der Waals surface area (Å²) in [6, 6.07) is 7.75. The van der Waals surface area contributed by atoms with Gasteiger partial charge >= 0.3 is 5.97 Å². The first-order valence-corrected chi connectivity index (χ1v) is 6.17. The van der Waals surface area contributed by atoms with E-state index in [1.807, 2.05) is 24.3 Å². The lowest BCUT2D eigenvalue weighted by Gasteiger charge is -2.22. The van der Waals surface area contributed by atoms with E-state index in [4.69, 9.17) is 0 Å². The maximum absolute atomic E-state index is 11.3. The van der Waals surface area contributed by atoms with Gasteiger partial charge in [0, 0.05) is 0 Å². The van der Waals surface area contributed by atoms with E-state index in [2.05, 4.69) is 10.1 Å². The third-order valence-corrected chi connectivity index (χ3v) is 3.30. The lowest BCUT2D eigenvalue weighted by Crippen LogP contribution is -2.30. The van der Waals surface area contributed by atoms with E-state index < -0.39 is 0 Å². The fourth-order valence-electron chi connectivity index (χ4n) is 2.33. The number of methoxy groups -OCH3 is 1. The van der Waals surface area contributed by atoms with Gasteiger partial charge in [-0.25, -0.2) is 4.79 Å². The molecule has 1 aromatic carbocycles. The molecule has 1 unspecified atom stereocenters. The maximum Gasteiger partial charge on any atom is 0.337 e. The summed E-state index contributed by atoms with van der Waals surface area (Å²) < 4.78 is 4.68. The van der Waals surface area contributed by atoms with Crippen LogP contribution in [-0.2, 0) is 11.2 Å². The van der Waals surface area contributed by atoms with Crippen LogP contribution in [0, 0.1) is 5.92 Å². The number of esters is 1. The minimum absolute atomic E-state index is 0. The molecule has 1 saturated heterocycles. The van der Waals surface area contributed by atoms with E-state index in [-0.39, 0.29) is 18.4 Å². The number of hydrogen-bond acceptors (Lipinski definition) is 3. The number of piperidine rings is 1. The van der Waals surface area contributed by atoms with Crippen LogP contribution in [0.3, 0.4) is 0 Å². The molecule has 18 heavy (non-hydrogen) atoms. The fourth-order valence-corrected chi connectivity index (χ4v) is 2.33. The second-order valence-corrected chi connectivity index (χ2v) is 4.61. The zero-order valence-electron chi connectivity index (χ0n) is 10.6. The van der Waals surface area contributed by atoms with Crippen LogP contribution < -0.4 is 5.32 Å². The summed E-state index contributed by atoms with van der Waals surface area (Å²) in [5.41, 5.74) is 1.92. The van der Waals surface area contributed by atoms with Gasteiger partial charge in [-0.2, -0.15) is 0 Å². The first-order valence-electron chi connectivity index (χ1n) is 6.17. The molecule has 100 valence electrons. The van der Waals surface area contributed by atoms with Crippen molar-refractivity contribution in [3.63, 3.8) is 0 Å². The minimum Gasteiger partial charge on any atom is -0.465 e. The van der Waals surface area contributed by atoms with Crippen LogP contribution in [0.1, 0.15) is 28.8 Å². The number of carbonyl (C=O) groups is 1. The van der Waals surface area contributed by atoms with Crippen LogP contribution in [0.25, 0.3) is 0 Å². The van der Waals surface area contributed by atoms with Crippen LogP contribution in [0.2, 0.25) is 0 Å². The Morgan fingerprint density at radius 2 is 2.11 bits per heavy atom. The second-order valence-electron chi connectivity index (χ2n) is 4.61. The molecule has 0 saturated carbocycles. The number of hydrogen-bond donors (Lipinski definition) is 1. The predicted molar refractivity (Wildman–Crippen MR) is 74.3 cm³/mol. The summed E-state index contributed by atoms with van der Waals surface area (Å²) in [6.07, 6.45) is 3.66. The third-order valence-electron chi connectivity index (χ3n) is 3.30. The van der Waals surface area contributed by atoms with Crippen molar-refractivity contribution in [2.24, 2.45) is 5.92 Å². The molecule has 4 heteroatoms. The smallest absolute Gasteiger partial charge is 0.337 e. The Balaban J connectivity index is 0.00000162. The normalized spacial score (nSPS) is 18.8. The van der Waals surface area contributed by atoms with Crippen molar-refractivity contribution in [3.05, 3.63) is 35.4 Å². The predicted octanol–water partition coefficient (Wildman–Crippen LogP) is 2.44. The van der Waals surface area contributed by atoms with Gasteiger partial charge in [0.1, 0.15) is 0 Å². The molecule has 0 aliphatic carbocycles. The first kappa shape index (κ1) is 15.0. The van der Waals surface area contributed by atoms with Gasteiger partial charge in [-0.3, -0.25) is 0 Å². The molecule has 1 fully saturated rings. The van der Waals surface area contributed by atoms with Crippen molar-refractivity contribution in [1.82, 2.24) is 5.32 Å². The van der Waals surface area contributed by atoms with Gasteiger partial charge < -0.3 is 10.1 Å². The molecule has 1 heterocycles. The van der Waals surface area contributed by atoms with E-state index in [0.29, 0.717) is 5.56 Å². The van der Waals surface area contributed by atoms with Crippen molar-refractivity contribution in [1.29, 1.82) is 0 Å². The fraction of sp³-hybridized carbons (Fsp3) is 0.500. The maximum atomic E-state index is 11.3. The summed E-state index contributed by atoms with van der Waals surface area (Å²) in [4.78, 5) is 11.3. The third kappa shape index (κ3) is 4.00. The van der Waals surface area contributed by atoms with Gasteiger partial charge in [0.05, 0.1) is 12.7 Å². The Bertz CT molecular complexity index is 372. The van der Waals surface area contributed by atoms with Crippen molar-refractivity contribution in [2.45, 2.75) is 19.3 Å². The summed E-state index contributed by atoms with van der Waals surface area (Å²) in [5.74, 6) is 0.462. The average Bonchev–Trinajstić information content (AvgIpc) is 2.40. The molecule has 3 nitrogen and oxygen atoms in total. The molecular weight excluding hydrogens is 250 g/mol. The topological polar surface area (TPSA) is 38.3 Å². The highest BCUT2D eigenvalue weighted by Crippen LogP contribution is 2.17. The van der Waals surface area contributed by atoms with Crippen LogP contribution in [0.4, 0.5) is 0 Å². The van der Waals surface area contributed by atoms with Gasteiger partial charge in [0.2, 0.25) is 0 Å². The van der Waals surface area contributed by atoms with Gasteiger partial charge in [0.25, 0.3) is 0 Å². The Morgan fingerprint density at radius 3 is 2.67 bits per heavy atom. The molecule has 2 rings (SSSR count). The molecule has 0 bridgehead atoms. The quantitative estimate of drug-likeness (QED) is 0.857. The number of rotatable bonds is 3. The molecule has 0 aromatic heterocycles. The van der Waals surface area contributed by atoms with Crippen molar-refractivity contribution < 1.29 is 9.53 Å². The van der Waals surface area contributed by atoms with Crippen molar-refractivity contribution in [3.8, 4) is 0 Å². The minimum atomic E-state index is -0.268. The van der Waals surface area contributed by atoms with Gasteiger partial charge in [-0.05, 0) is 56.0 Å². The number of carbonyl (C=O) groups excluding carboxylic acids is 1. The van der Waals surface area contributed by atoms with E-state index in [9.17, 15) is 4.79 Å². The Labute approximate surface area is 114 Å². The number of nitrogens with one attached hydrogen (secondary N) is 1. The number of benzene rings is 1. The molecule has 1 aliphatic rings. The molecule has 1 atom stereocenters. The number of ether oxygens (including phenoxy) is 1. The summed E-state index contributed by atoms with van der Waals surface area (Å²) in [5, 5.41) is 3.42. The van der Waals surface area contributed by atoms with E-state index in [1.165, 1.54) is 25.5 Å². The monoisotopic (exact) mass is 269 g/mol. The summed E-state index contributed by atoms with van der Waals surface area (Å²) in [7, 11) is 1.41. The van der Waals surface area contributed by atoms with E-state index in [0.717, 1.165) is 25.4 Å². The van der Waals surface area contributed by atoms with Gasteiger partial charge in [-0.15, -0.1) is 12.4 Å². The number of halogens is 1. The molecule has 1 N–H and O–H groups in total. The summed E-state index contributed by atoms with van der Waals surface area (Å²) >= 11 is 0. The van der Waals surface area contributed by atoms with Crippen molar-refractivity contribution >= 4 is 18.4 Å². The lowest BCUT2D eigenvalue weighted by atomic mass is 9.92. The van der Waals surface area contributed by atoms with E-state index >= 15 is 0 Å². The van der Waals surface area contributed by atoms with Crippen LogP contribution in [-0.4, -0.2) is 26.2 Å². The largest absolute Gasteiger partial charge is 0.465 e. The zero-order valence-corrected chi connectivity index (χ0v) is 11.5. The Hall–Kier alpha value is -1.06. The molecule has 1 aliphatic heterocycles. The highest BCUT2D eigenvalue weighted by molar-refractivity contribution is 5.89. The van der Waals surface area contributed by atoms with Gasteiger partial charge in [-0.1, -0.05) is 12.1 Å². The average molecular weight is 270 g/mol. The molecule has 1 aromatic rings. The molecule has 0 amide bonds. The Kier molecular flexibility index (Phi) is 6.16. The molecule has 0 radical (unpaired) electrons. The second kappa shape index (κ2) is 7.39. The van der Waals surface area contributed by atoms with Gasteiger partial charge in [0.15, 0.2) is 0 Å². The summed E-state index contributed by atoms with van der Waals surface area (Å²) in [6.45, 7) is 2.26. The lowest BCUT2D eigenvalue weighted by molar-refractivity contribution is 0.0600. The SMILES string of the molecule is COC(=O)c1ccc(CC2CCCNC2)cc1.Cl. The Morgan fingerprint density at radius 1 is 1.39 bits per heavy atom. The highest BCUT2D eigenvalue weighted by atomic mass is 35.5. The molecular formula is C14H20ClNO2. The zero-order chi connectivity index (χ0) is 12.1. The first-order chi connectivity index (χ1) is 8.29. The van der Waals surface area contributed by atoms with Crippen molar-refractivity contribution in [2.75, 3.05) is 20.2 Å². The highest BCUT2D eigenvalue weighted by Gasteiger charge is 2.13. The van der Waals surface area contributed by atoms with Crippen LogP contribution in [0.5, 0.6) is 0 Å². The molecule has 0 spiro atoms. The van der Waals surface area contributed by atoms with Crippen LogP contribution in [0.15, 0.2) is 24.3 Å².